The summed E-state index contributed by atoms with van der Waals surface area (Å²) in [6.07, 6.45) is -0.677. The van der Waals surface area contributed by atoms with E-state index in [1.54, 1.807) is 7.11 Å². The number of aliphatic hydroxyl groups excluding tert-OH is 1. The van der Waals surface area contributed by atoms with E-state index in [1.807, 2.05) is 18.2 Å². The molecule has 1 heterocycles. The second-order valence-electron chi connectivity index (χ2n) is 3.68. The highest BCUT2D eigenvalue weighted by molar-refractivity contribution is 9.10. The fourth-order valence-electron chi connectivity index (χ4n) is 1.66. The van der Waals surface area contributed by atoms with Gasteiger partial charge in [0.05, 0.1) is 7.11 Å². The Bertz CT molecular complexity index is 372. The van der Waals surface area contributed by atoms with E-state index in [9.17, 15) is 5.11 Å². The zero-order valence-corrected chi connectivity index (χ0v) is 10.5. The summed E-state index contributed by atoms with van der Waals surface area (Å²) in [5, 5.41) is 12.7. The maximum absolute atomic E-state index is 9.63. The molecule has 16 heavy (non-hydrogen) atoms. The first-order valence-electron chi connectivity index (χ1n) is 5.09. The summed E-state index contributed by atoms with van der Waals surface area (Å²) in [4.78, 5) is 0. The third-order valence-electron chi connectivity index (χ3n) is 2.53. The molecule has 1 fully saturated rings. The van der Waals surface area contributed by atoms with Crippen molar-refractivity contribution in [3.63, 3.8) is 0 Å². The molecule has 2 N–H and O–H groups in total. The number of ether oxygens (including phenoxy) is 2. The van der Waals surface area contributed by atoms with Crippen molar-refractivity contribution in [3.8, 4) is 11.5 Å². The average Bonchev–Trinajstić information content (AvgIpc) is 2.67. The molecule has 1 saturated heterocycles. The molecule has 5 heteroatoms. The van der Waals surface area contributed by atoms with Crippen LogP contribution in [-0.4, -0.2) is 37.5 Å². The van der Waals surface area contributed by atoms with Crippen molar-refractivity contribution in [1.82, 2.24) is 5.32 Å². The molecule has 88 valence electrons. The van der Waals surface area contributed by atoms with Crippen LogP contribution in [0.5, 0.6) is 11.5 Å². The van der Waals surface area contributed by atoms with Crippen LogP contribution < -0.4 is 14.8 Å². The summed E-state index contributed by atoms with van der Waals surface area (Å²) in [7, 11) is 1.60. The van der Waals surface area contributed by atoms with Crippen LogP contribution >= 0.6 is 15.9 Å². The van der Waals surface area contributed by atoms with Crippen LogP contribution in [0, 0.1) is 0 Å². The van der Waals surface area contributed by atoms with Gasteiger partial charge < -0.3 is 19.9 Å². The topological polar surface area (TPSA) is 50.7 Å². The van der Waals surface area contributed by atoms with Crippen LogP contribution in [0.4, 0.5) is 0 Å². The minimum Gasteiger partial charge on any atom is -0.493 e. The molecule has 0 aromatic heterocycles. The normalized spacial score (nSPS) is 24.4. The second kappa shape index (κ2) is 5.03. The minimum absolute atomic E-state index is 0.213. The summed E-state index contributed by atoms with van der Waals surface area (Å²) >= 11 is 3.36. The zero-order chi connectivity index (χ0) is 11.5. The van der Waals surface area contributed by atoms with Crippen molar-refractivity contribution >= 4 is 15.9 Å². The number of aliphatic hydroxyl groups is 1. The van der Waals surface area contributed by atoms with E-state index in [0.717, 1.165) is 4.47 Å². The van der Waals surface area contributed by atoms with Crippen LogP contribution in [0.3, 0.4) is 0 Å². The highest BCUT2D eigenvalue weighted by atomic mass is 79.9. The van der Waals surface area contributed by atoms with E-state index in [2.05, 4.69) is 21.2 Å². The molecule has 0 radical (unpaired) electrons. The first kappa shape index (κ1) is 11.7. The molecule has 1 aliphatic heterocycles. The van der Waals surface area contributed by atoms with Gasteiger partial charge in [-0.1, -0.05) is 15.9 Å². The maximum Gasteiger partial charge on any atom is 0.161 e. The summed E-state index contributed by atoms with van der Waals surface area (Å²) < 4.78 is 11.9. The van der Waals surface area contributed by atoms with Crippen LogP contribution in [-0.2, 0) is 0 Å². The van der Waals surface area contributed by atoms with Crippen LogP contribution in [0.1, 0.15) is 0 Å². The largest absolute Gasteiger partial charge is 0.493 e. The zero-order valence-electron chi connectivity index (χ0n) is 8.94. The van der Waals surface area contributed by atoms with Crippen molar-refractivity contribution in [3.05, 3.63) is 22.7 Å². The Kier molecular flexibility index (Phi) is 3.68. The van der Waals surface area contributed by atoms with E-state index in [1.165, 1.54) is 0 Å². The molecule has 0 amide bonds. The number of hydrogen-bond acceptors (Lipinski definition) is 4. The van der Waals surface area contributed by atoms with Crippen LogP contribution in [0.2, 0.25) is 0 Å². The molecule has 0 aliphatic carbocycles. The third kappa shape index (κ3) is 2.48. The Hall–Kier alpha value is -0.780. The highest BCUT2D eigenvalue weighted by Gasteiger charge is 2.27. The number of halogens is 1. The molecule has 1 aromatic rings. The van der Waals surface area contributed by atoms with Crippen LogP contribution in [0.15, 0.2) is 22.7 Å². The lowest BCUT2D eigenvalue weighted by Crippen LogP contribution is -2.29. The Morgan fingerprint density at radius 3 is 2.81 bits per heavy atom. The Morgan fingerprint density at radius 1 is 1.38 bits per heavy atom. The number of β-amino-alcohol motifs (C(OH)–C–C–N with tert-alkyl or cyclic N) is 1. The number of benzene rings is 1. The van der Waals surface area contributed by atoms with Crippen molar-refractivity contribution in [2.24, 2.45) is 0 Å². The van der Waals surface area contributed by atoms with Gasteiger partial charge in [-0.3, -0.25) is 0 Å². The second-order valence-corrected chi connectivity index (χ2v) is 4.59. The number of methoxy groups -OCH3 is 1. The average molecular weight is 288 g/mol. The molecule has 1 aliphatic rings. The van der Waals surface area contributed by atoms with Gasteiger partial charge in [0.2, 0.25) is 0 Å². The highest BCUT2D eigenvalue weighted by Crippen LogP contribution is 2.31. The lowest BCUT2D eigenvalue weighted by molar-refractivity contribution is 0.0718. The predicted octanol–water partition coefficient (Wildman–Crippen LogP) is 1.17. The minimum atomic E-state index is -0.464. The molecular weight excluding hydrogens is 274 g/mol. The molecule has 0 bridgehead atoms. The van der Waals surface area contributed by atoms with Gasteiger partial charge in [-0.2, -0.15) is 0 Å². The van der Waals surface area contributed by atoms with Crippen molar-refractivity contribution in [1.29, 1.82) is 0 Å². The van der Waals surface area contributed by atoms with Crippen molar-refractivity contribution in [2.45, 2.75) is 12.2 Å². The summed E-state index contributed by atoms with van der Waals surface area (Å²) in [5.41, 5.74) is 0. The molecule has 2 atom stereocenters. The van der Waals surface area contributed by atoms with Gasteiger partial charge in [0, 0.05) is 17.6 Å². The quantitative estimate of drug-likeness (QED) is 0.876. The number of rotatable bonds is 3. The summed E-state index contributed by atoms with van der Waals surface area (Å²) in [6.45, 7) is 1.23. The van der Waals surface area contributed by atoms with Crippen LogP contribution in [0.25, 0.3) is 0 Å². The Morgan fingerprint density at radius 2 is 2.19 bits per heavy atom. The van der Waals surface area contributed by atoms with E-state index in [0.29, 0.717) is 24.6 Å². The maximum atomic E-state index is 9.63. The molecule has 1 aromatic carbocycles. The molecule has 2 unspecified atom stereocenters. The number of nitrogens with one attached hydrogen (secondary N) is 1. The van der Waals surface area contributed by atoms with Gasteiger partial charge in [-0.15, -0.1) is 0 Å². The van der Waals surface area contributed by atoms with E-state index in [4.69, 9.17) is 9.47 Å². The summed E-state index contributed by atoms with van der Waals surface area (Å²) in [5.74, 6) is 1.31. The van der Waals surface area contributed by atoms with Gasteiger partial charge in [-0.25, -0.2) is 0 Å². The van der Waals surface area contributed by atoms with Crippen molar-refractivity contribution in [2.75, 3.05) is 20.2 Å². The fourth-order valence-corrected chi connectivity index (χ4v) is 2.00. The predicted molar refractivity (Wildman–Crippen MR) is 64.0 cm³/mol. The monoisotopic (exact) mass is 287 g/mol. The van der Waals surface area contributed by atoms with Crippen molar-refractivity contribution < 1.29 is 14.6 Å². The molecule has 2 rings (SSSR count). The smallest absolute Gasteiger partial charge is 0.161 e. The van der Waals surface area contributed by atoms with E-state index < -0.39 is 6.10 Å². The van der Waals surface area contributed by atoms with E-state index >= 15 is 0 Å². The van der Waals surface area contributed by atoms with Gasteiger partial charge in [-0.05, 0) is 18.2 Å². The third-order valence-corrected chi connectivity index (χ3v) is 3.03. The van der Waals surface area contributed by atoms with Gasteiger partial charge in [0.15, 0.2) is 11.5 Å². The summed E-state index contributed by atoms with van der Waals surface area (Å²) in [6, 6.07) is 5.55. The standard InChI is InChI=1S/C11H14BrNO3/c1-15-10-4-7(12)2-3-9(10)16-11-6-13-5-8(11)14/h2-4,8,11,13-14H,5-6H2,1H3. The molecule has 0 saturated carbocycles. The molecular formula is C11H14BrNO3. The lowest BCUT2D eigenvalue weighted by Gasteiger charge is -2.18. The van der Waals surface area contributed by atoms with E-state index in [-0.39, 0.29) is 6.10 Å². The van der Waals surface area contributed by atoms with Gasteiger partial charge in [0.25, 0.3) is 0 Å². The van der Waals surface area contributed by atoms with Gasteiger partial charge in [0.1, 0.15) is 12.2 Å². The molecule has 4 nitrogen and oxygen atoms in total. The SMILES string of the molecule is COc1cc(Br)ccc1OC1CNCC1O. The van der Waals surface area contributed by atoms with Gasteiger partial charge >= 0.3 is 0 Å². The lowest BCUT2D eigenvalue weighted by atomic mass is 10.2. The first-order chi connectivity index (χ1) is 7.70. The first-order valence-corrected chi connectivity index (χ1v) is 5.89. The number of hydrogen-bond donors (Lipinski definition) is 2. The Balaban J connectivity index is 2.14. The Labute approximate surface area is 103 Å². The molecule has 0 spiro atoms. The fraction of sp³-hybridized carbons (Fsp3) is 0.455.